The van der Waals surface area contributed by atoms with Gasteiger partial charge in [-0.2, -0.15) is 0 Å². The van der Waals surface area contributed by atoms with Crippen molar-refractivity contribution in [1.29, 1.82) is 0 Å². The zero-order valence-corrected chi connectivity index (χ0v) is 25.9. The highest BCUT2D eigenvalue weighted by Crippen LogP contribution is 2.35. The Morgan fingerprint density at radius 1 is 0.932 bits per heavy atom. The molecule has 0 fully saturated rings. The maximum absolute atomic E-state index is 14.1. The predicted octanol–water partition coefficient (Wildman–Crippen LogP) is 6.82. The Kier molecular flexibility index (Phi) is 8.79. The van der Waals surface area contributed by atoms with E-state index >= 15 is 0 Å². The standard InChI is InChI=1S/C35H26Cl2N2O4S/c1-2-42-34(41)30-31(24-11-5-3-6-12-24)38-35-39(32(30)25-13-7-4-8-14-25)33(40)29(44-35)20-22-10-9-15-26(18-22)43-21-23-16-17-27(36)28(37)19-23/h3-20,32H,2,21H2,1H3/b29-20+/t32-/m1/s1. The van der Waals surface area contributed by atoms with E-state index in [-0.39, 0.29) is 12.2 Å². The van der Waals surface area contributed by atoms with E-state index in [1.165, 1.54) is 11.3 Å². The SMILES string of the molecule is CCOC(=O)C1=C(c2ccccc2)N=c2s/c(=C/c3cccc(OCc4ccc(Cl)c(Cl)c4)c3)c(=O)n2[C@@H]1c1ccccc1. The van der Waals surface area contributed by atoms with Crippen molar-refractivity contribution in [3.63, 3.8) is 0 Å². The van der Waals surface area contributed by atoms with E-state index in [0.717, 1.165) is 22.3 Å². The second-order valence-electron chi connectivity index (χ2n) is 9.95. The van der Waals surface area contributed by atoms with E-state index in [9.17, 15) is 9.59 Å². The molecule has 0 radical (unpaired) electrons. The molecule has 44 heavy (non-hydrogen) atoms. The second-order valence-corrected chi connectivity index (χ2v) is 11.8. The van der Waals surface area contributed by atoms with Crippen molar-refractivity contribution in [1.82, 2.24) is 4.57 Å². The van der Waals surface area contributed by atoms with Crippen LogP contribution in [0.1, 0.15) is 35.2 Å². The van der Waals surface area contributed by atoms with E-state index < -0.39 is 12.0 Å². The van der Waals surface area contributed by atoms with Gasteiger partial charge in [-0.05, 0) is 54.0 Å². The normalized spacial score (nSPS) is 14.6. The van der Waals surface area contributed by atoms with Crippen LogP contribution >= 0.6 is 34.5 Å². The van der Waals surface area contributed by atoms with Gasteiger partial charge in [0, 0.05) is 5.56 Å². The molecule has 0 saturated carbocycles. The Labute approximate surface area is 267 Å². The number of carbonyl (C=O) groups excluding carboxylic acids is 1. The van der Waals surface area contributed by atoms with Crippen LogP contribution in [0.5, 0.6) is 5.75 Å². The van der Waals surface area contributed by atoms with Crippen molar-refractivity contribution in [2.24, 2.45) is 4.99 Å². The van der Waals surface area contributed by atoms with Gasteiger partial charge in [-0.1, -0.05) is 113 Å². The molecule has 2 heterocycles. The molecule has 0 spiro atoms. The minimum atomic E-state index is -0.718. The summed E-state index contributed by atoms with van der Waals surface area (Å²) in [6.07, 6.45) is 1.81. The van der Waals surface area contributed by atoms with Gasteiger partial charge in [-0.25, -0.2) is 9.79 Å². The molecule has 0 amide bonds. The molecule has 0 bridgehead atoms. The van der Waals surface area contributed by atoms with Crippen LogP contribution in [0.4, 0.5) is 0 Å². The number of hydrogen-bond donors (Lipinski definition) is 0. The Morgan fingerprint density at radius 2 is 1.68 bits per heavy atom. The fraction of sp³-hybridized carbons (Fsp3) is 0.114. The van der Waals surface area contributed by atoms with Crippen LogP contribution in [0.25, 0.3) is 11.8 Å². The summed E-state index contributed by atoms with van der Waals surface area (Å²) < 4.78 is 13.6. The smallest absolute Gasteiger partial charge is 0.338 e. The van der Waals surface area contributed by atoms with Gasteiger partial charge in [0.15, 0.2) is 4.80 Å². The third-order valence-corrected chi connectivity index (χ3v) is 8.76. The molecule has 0 unspecified atom stereocenters. The summed E-state index contributed by atoms with van der Waals surface area (Å²) in [5.74, 6) is 0.126. The first-order chi connectivity index (χ1) is 21.4. The van der Waals surface area contributed by atoms with Gasteiger partial charge in [-0.15, -0.1) is 0 Å². The average Bonchev–Trinajstić information content (AvgIpc) is 3.36. The molecule has 1 atom stereocenters. The number of esters is 1. The largest absolute Gasteiger partial charge is 0.489 e. The number of halogens is 2. The summed E-state index contributed by atoms with van der Waals surface area (Å²) in [6.45, 7) is 2.26. The van der Waals surface area contributed by atoms with E-state index in [2.05, 4.69) is 0 Å². The van der Waals surface area contributed by atoms with Crippen molar-refractivity contribution >= 4 is 52.3 Å². The summed E-state index contributed by atoms with van der Waals surface area (Å²) in [4.78, 5) is 33.0. The third-order valence-electron chi connectivity index (χ3n) is 7.03. The molecule has 1 aliphatic heterocycles. The summed E-state index contributed by atoms with van der Waals surface area (Å²) in [5.41, 5.74) is 3.77. The Morgan fingerprint density at radius 3 is 2.41 bits per heavy atom. The van der Waals surface area contributed by atoms with E-state index in [1.54, 1.807) is 23.6 Å². The highest BCUT2D eigenvalue weighted by atomic mass is 35.5. The van der Waals surface area contributed by atoms with E-state index in [1.807, 2.05) is 97.1 Å². The zero-order chi connectivity index (χ0) is 30.6. The van der Waals surface area contributed by atoms with Gasteiger partial charge >= 0.3 is 5.97 Å². The molecule has 0 saturated heterocycles. The fourth-order valence-corrected chi connectivity index (χ4v) is 6.35. The van der Waals surface area contributed by atoms with Gasteiger partial charge in [-0.3, -0.25) is 9.36 Å². The van der Waals surface area contributed by atoms with Gasteiger partial charge in [0.25, 0.3) is 5.56 Å². The molecule has 6 nitrogen and oxygen atoms in total. The predicted molar refractivity (Wildman–Crippen MR) is 175 cm³/mol. The number of hydrogen-bond acceptors (Lipinski definition) is 6. The molecule has 0 aliphatic carbocycles. The minimum absolute atomic E-state index is 0.194. The van der Waals surface area contributed by atoms with E-state index in [4.69, 9.17) is 37.7 Å². The molecule has 220 valence electrons. The monoisotopic (exact) mass is 640 g/mol. The maximum atomic E-state index is 14.1. The Hall–Kier alpha value is -4.43. The first-order valence-corrected chi connectivity index (χ1v) is 15.5. The van der Waals surface area contributed by atoms with Crippen LogP contribution in [0.2, 0.25) is 10.0 Å². The van der Waals surface area contributed by atoms with Gasteiger partial charge in [0.05, 0.1) is 38.5 Å². The van der Waals surface area contributed by atoms with E-state index in [0.29, 0.717) is 43.0 Å². The molecule has 6 rings (SSSR count). The quantitative estimate of drug-likeness (QED) is 0.175. The lowest BCUT2D eigenvalue weighted by atomic mass is 9.93. The van der Waals surface area contributed by atoms with Gasteiger partial charge in [0.2, 0.25) is 0 Å². The molecule has 9 heteroatoms. The molecule has 0 N–H and O–H groups in total. The molecule has 1 aromatic heterocycles. The lowest BCUT2D eigenvalue weighted by Gasteiger charge is -2.25. The van der Waals surface area contributed by atoms with Crippen molar-refractivity contribution in [3.8, 4) is 5.75 Å². The summed E-state index contributed by atoms with van der Waals surface area (Å²) in [6, 6.07) is 31.1. The van der Waals surface area contributed by atoms with Crippen molar-refractivity contribution < 1.29 is 14.3 Å². The number of benzene rings is 4. The summed E-state index contributed by atoms with van der Waals surface area (Å²) in [5, 5.41) is 0.950. The average molecular weight is 642 g/mol. The number of rotatable bonds is 8. The molecule has 1 aliphatic rings. The molecular weight excluding hydrogens is 615 g/mol. The lowest BCUT2D eigenvalue weighted by Crippen LogP contribution is -2.39. The van der Waals surface area contributed by atoms with Crippen molar-refractivity contribution in [2.45, 2.75) is 19.6 Å². The minimum Gasteiger partial charge on any atom is -0.489 e. The van der Waals surface area contributed by atoms with Gasteiger partial charge < -0.3 is 9.47 Å². The maximum Gasteiger partial charge on any atom is 0.338 e. The van der Waals surface area contributed by atoms with Crippen LogP contribution < -0.4 is 19.6 Å². The van der Waals surface area contributed by atoms with Crippen LogP contribution in [0, 0.1) is 0 Å². The Bertz CT molecular complexity index is 2050. The number of ether oxygens (including phenoxy) is 2. The topological polar surface area (TPSA) is 69.9 Å². The highest BCUT2D eigenvalue weighted by molar-refractivity contribution is 7.07. The van der Waals surface area contributed by atoms with Crippen molar-refractivity contribution in [2.75, 3.05) is 6.61 Å². The summed E-state index contributed by atoms with van der Waals surface area (Å²) in [7, 11) is 0. The van der Waals surface area contributed by atoms with Crippen LogP contribution in [-0.2, 0) is 16.1 Å². The van der Waals surface area contributed by atoms with Crippen LogP contribution in [-0.4, -0.2) is 17.1 Å². The number of fused-ring (bicyclic) bond motifs is 1. The number of carbonyl (C=O) groups is 1. The summed E-state index contributed by atoms with van der Waals surface area (Å²) >= 11 is 13.4. The second kappa shape index (κ2) is 13.1. The molecule has 4 aromatic carbocycles. The first kappa shape index (κ1) is 29.6. The molecular formula is C35H26Cl2N2O4S. The Balaban J connectivity index is 1.45. The zero-order valence-electron chi connectivity index (χ0n) is 23.6. The fourth-order valence-electron chi connectivity index (χ4n) is 5.03. The number of aromatic nitrogens is 1. The third kappa shape index (κ3) is 6.13. The molecule has 5 aromatic rings. The van der Waals surface area contributed by atoms with Crippen LogP contribution in [0.3, 0.4) is 0 Å². The highest BCUT2D eigenvalue weighted by Gasteiger charge is 2.35. The number of thiazole rings is 1. The lowest BCUT2D eigenvalue weighted by molar-refractivity contribution is -0.138. The number of nitrogens with zero attached hydrogens (tertiary/aromatic N) is 2. The van der Waals surface area contributed by atoms with Crippen molar-refractivity contribution in [3.05, 3.63) is 161 Å². The first-order valence-electron chi connectivity index (χ1n) is 13.9. The van der Waals surface area contributed by atoms with Crippen LogP contribution in [0.15, 0.2) is 118 Å². The van der Waals surface area contributed by atoms with Gasteiger partial charge in [0.1, 0.15) is 12.4 Å².